The van der Waals surface area contributed by atoms with Gasteiger partial charge in [0.2, 0.25) is 0 Å². The molecule has 1 heterocycles. The zero-order valence-electron chi connectivity index (χ0n) is 10.6. The molecule has 0 spiro atoms. The summed E-state index contributed by atoms with van der Waals surface area (Å²) < 4.78 is 0. The lowest BCUT2D eigenvalue weighted by Gasteiger charge is -2.17. The van der Waals surface area contributed by atoms with Crippen molar-refractivity contribution in [3.63, 3.8) is 0 Å². The number of hydrogen-bond acceptors (Lipinski definition) is 3. The van der Waals surface area contributed by atoms with E-state index < -0.39 is 0 Å². The Labute approximate surface area is 117 Å². The first-order chi connectivity index (χ1) is 9.24. The van der Waals surface area contributed by atoms with Crippen molar-refractivity contribution in [2.24, 2.45) is 5.92 Å². The highest BCUT2D eigenvalue weighted by atomic mass is 35.5. The highest BCUT2D eigenvalue weighted by Gasteiger charge is 2.24. The lowest BCUT2D eigenvalue weighted by atomic mass is 10.1. The number of aliphatic hydroxyl groups is 1. The average Bonchev–Trinajstić information content (AvgIpc) is 2.82. The Bertz CT molecular complexity index is 587. The number of rotatable bonds is 3. The number of nitrogens with zero attached hydrogens (tertiary/aromatic N) is 1. The first-order valence-electron chi connectivity index (χ1n) is 6.70. The van der Waals surface area contributed by atoms with E-state index in [1.165, 1.54) is 0 Å². The topological polar surface area (TPSA) is 45.1 Å². The van der Waals surface area contributed by atoms with Crippen LogP contribution < -0.4 is 5.32 Å². The molecule has 1 aliphatic rings. The zero-order chi connectivity index (χ0) is 13.2. The summed E-state index contributed by atoms with van der Waals surface area (Å²) in [6.07, 6.45) is 4.77. The molecule has 0 bridgehead atoms. The second-order valence-corrected chi connectivity index (χ2v) is 5.60. The molecule has 100 valence electrons. The van der Waals surface area contributed by atoms with Crippen LogP contribution in [0.4, 0.5) is 5.69 Å². The van der Waals surface area contributed by atoms with Crippen molar-refractivity contribution < 1.29 is 5.11 Å². The Morgan fingerprint density at radius 2 is 2.21 bits per heavy atom. The second-order valence-electron chi connectivity index (χ2n) is 5.16. The van der Waals surface area contributed by atoms with E-state index in [4.69, 9.17) is 11.6 Å². The smallest absolute Gasteiger partial charge is 0.0723 e. The lowest BCUT2D eigenvalue weighted by molar-refractivity contribution is 0.138. The van der Waals surface area contributed by atoms with E-state index in [-0.39, 0.29) is 6.10 Å². The molecule has 1 fully saturated rings. The van der Waals surface area contributed by atoms with Crippen molar-refractivity contribution in [3.05, 3.63) is 35.5 Å². The van der Waals surface area contributed by atoms with Crippen LogP contribution in [0.15, 0.2) is 30.5 Å². The molecule has 1 aromatic heterocycles. The molecule has 2 unspecified atom stereocenters. The molecule has 2 atom stereocenters. The fraction of sp³-hybridized carbons (Fsp3) is 0.400. The van der Waals surface area contributed by atoms with E-state index in [9.17, 15) is 5.11 Å². The van der Waals surface area contributed by atoms with Gasteiger partial charge >= 0.3 is 0 Å². The van der Waals surface area contributed by atoms with Crippen LogP contribution in [0, 0.1) is 5.92 Å². The highest BCUT2D eigenvalue weighted by Crippen LogP contribution is 2.28. The van der Waals surface area contributed by atoms with Crippen molar-refractivity contribution >= 4 is 28.2 Å². The van der Waals surface area contributed by atoms with Gasteiger partial charge in [0.25, 0.3) is 0 Å². The van der Waals surface area contributed by atoms with Gasteiger partial charge in [0.15, 0.2) is 0 Å². The number of aliphatic hydroxyl groups excluding tert-OH is 1. The third kappa shape index (κ3) is 2.67. The Balaban J connectivity index is 1.82. The van der Waals surface area contributed by atoms with Crippen molar-refractivity contribution in [3.8, 4) is 0 Å². The minimum absolute atomic E-state index is 0.163. The van der Waals surface area contributed by atoms with E-state index in [2.05, 4.69) is 10.3 Å². The van der Waals surface area contributed by atoms with E-state index in [0.717, 1.165) is 42.4 Å². The summed E-state index contributed by atoms with van der Waals surface area (Å²) in [5.41, 5.74) is 1.97. The number of nitrogens with one attached hydrogen (secondary N) is 1. The van der Waals surface area contributed by atoms with Crippen molar-refractivity contribution in [2.45, 2.75) is 25.4 Å². The molecular formula is C15H17ClN2O. The van der Waals surface area contributed by atoms with Crippen LogP contribution in [0.5, 0.6) is 0 Å². The highest BCUT2D eigenvalue weighted by molar-refractivity contribution is 6.31. The van der Waals surface area contributed by atoms with Crippen molar-refractivity contribution in [1.29, 1.82) is 0 Å². The molecule has 3 nitrogen and oxygen atoms in total. The molecule has 2 N–H and O–H groups in total. The SMILES string of the molecule is OC1CCCC1CNc1ccnc2ccc(Cl)cc12. The lowest BCUT2D eigenvalue weighted by Crippen LogP contribution is -2.21. The van der Waals surface area contributed by atoms with Gasteiger partial charge in [0.05, 0.1) is 11.6 Å². The standard InChI is InChI=1S/C15H17ClN2O/c16-11-4-5-13-12(8-11)14(6-7-17-13)18-9-10-2-1-3-15(10)19/h4-8,10,15,19H,1-3,9H2,(H,17,18). The Morgan fingerprint density at radius 3 is 3.00 bits per heavy atom. The maximum absolute atomic E-state index is 9.85. The van der Waals surface area contributed by atoms with Gasteiger partial charge in [0, 0.05) is 34.8 Å². The quantitative estimate of drug-likeness (QED) is 0.902. The number of halogens is 1. The number of fused-ring (bicyclic) bond motifs is 1. The largest absolute Gasteiger partial charge is 0.393 e. The molecule has 0 saturated heterocycles. The fourth-order valence-electron chi connectivity index (χ4n) is 2.77. The number of anilines is 1. The van der Waals surface area contributed by atoms with Gasteiger partial charge in [-0.2, -0.15) is 0 Å². The van der Waals surface area contributed by atoms with Gasteiger partial charge in [0.1, 0.15) is 0 Å². The monoisotopic (exact) mass is 276 g/mol. The third-order valence-electron chi connectivity index (χ3n) is 3.88. The summed E-state index contributed by atoms with van der Waals surface area (Å²) >= 11 is 6.05. The van der Waals surface area contributed by atoms with Crippen LogP contribution in [0.1, 0.15) is 19.3 Å². The van der Waals surface area contributed by atoms with Crippen molar-refractivity contribution in [1.82, 2.24) is 4.98 Å². The summed E-state index contributed by atoms with van der Waals surface area (Å²) in [6.45, 7) is 0.798. The van der Waals surface area contributed by atoms with Gasteiger partial charge in [-0.05, 0) is 37.1 Å². The van der Waals surface area contributed by atoms with Gasteiger partial charge in [-0.1, -0.05) is 18.0 Å². The van der Waals surface area contributed by atoms with E-state index in [0.29, 0.717) is 10.9 Å². The Morgan fingerprint density at radius 1 is 1.32 bits per heavy atom. The minimum atomic E-state index is -0.163. The first-order valence-corrected chi connectivity index (χ1v) is 7.08. The minimum Gasteiger partial charge on any atom is -0.393 e. The normalized spacial score (nSPS) is 22.8. The summed E-state index contributed by atoms with van der Waals surface area (Å²) in [5, 5.41) is 15.0. The molecule has 0 aliphatic heterocycles. The molecule has 2 aromatic rings. The Hall–Kier alpha value is -1.32. The van der Waals surface area contributed by atoms with E-state index >= 15 is 0 Å². The summed E-state index contributed by atoms with van der Waals surface area (Å²) in [5.74, 6) is 0.349. The van der Waals surface area contributed by atoms with Crippen LogP contribution in [-0.4, -0.2) is 22.7 Å². The maximum atomic E-state index is 9.85. The molecule has 0 amide bonds. The van der Waals surface area contributed by atoms with Crippen LogP contribution in [0.2, 0.25) is 5.02 Å². The molecule has 1 saturated carbocycles. The van der Waals surface area contributed by atoms with Gasteiger partial charge < -0.3 is 10.4 Å². The van der Waals surface area contributed by atoms with Crippen LogP contribution in [0.3, 0.4) is 0 Å². The molecule has 0 radical (unpaired) electrons. The zero-order valence-corrected chi connectivity index (χ0v) is 11.4. The predicted octanol–water partition coefficient (Wildman–Crippen LogP) is 3.46. The Kier molecular flexibility index (Phi) is 3.58. The van der Waals surface area contributed by atoms with Crippen molar-refractivity contribution in [2.75, 3.05) is 11.9 Å². The molecule has 19 heavy (non-hydrogen) atoms. The first kappa shape index (κ1) is 12.7. The number of benzene rings is 1. The van der Waals surface area contributed by atoms with E-state index in [1.54, 1.807) is 6.20 Å². The molecule has 1 aliphatic carbocycles. The van der Waals surface area contributed by atoms with Gasteiger partial charge in [-0.15, -0.1) is 0 Å². The molecule has 1 aromatic carbocycles. The summed E-state index contributed by atoms with van der Waals surface area (Å²) in [7, 11) is 0. The summed E-state index contributed by atoms with van der Waals surface area (Å²) in [4.78, 5) is 4.33. The van der Waals surface area contributed by atoms with Gasteiger partial charge in [-0.25, -0.2) is 0 Å². The maximum Gasteiger partial charge on any atom is 0.0723 e. The molecule has 4 heteroatoms. The fourth-order valence-corrected chi connectivity index (χ4v) is 2.94. The second kappa shape index (κ2) is 5.35. The average molecular weight is 277 g/mol. The van der Waals surface area contributed by atoms with Gasteiger partial charge in [-0.3, -0.25) is 4.98 Å². The molecule has 3 rings (SSSR count). The summed E-state index contributed by atoms with van der Waals surface area (Å²) in [6, 6.07) is 7.66. The molecular weight excluding hydrogens is 260 g/mol. The van der Waals surface area contributed by atoms with Crippen LogP contribution in [-0.2, 0) is 0 Å². The predicted molar refractivity (Wildman–Crippen MR) is 78.6 cm³/mol. The number of aromatic nitrogens is 1. The number of hydrogen-bond donors (Lipinski definition) is 2. The van der Waals surface area contributed by atoms with E-state index in [1.807, 2.05) is 24.3 Å². The van der Waals surface area contributed by atoms with Crippen LogP contribution in [0.25, 0.3) is 10.9 Å². The third-order valence-corrected chi connectivity index (χ3v) is 4.11. The number of pyridine rings is 1. The van der Waals surface area contributed by atoms with Crippen LogP contribution >= 0.6 is 11.6 Å².